The fourth-order valence-electron chi connectivity index (χ4n) is 7.67. The van der Waals surface area contributed by atoms with Gasteiger partial charge in [0.1, 0.15) is 41.4 Å². The molecule has 3 atom stereocenters. The molecule has 0 amide bonds. The molecule has 0 N–H and O–H groups in total. The molecule has 5 heterocycles. The van der Waals surface area contributed by atoms with Crippen molar-refractivity contribution in [3.05, 3.63) is 47.7 Å². The van der Waals surface area contributed by atoms with Crippen LogP contribution in [0.25, 0.3) is 32.9 Å². The minimum absolute atomic E-state index is 0.0307. The molecule has 1 unspecified atom stereocenters. The number of aromatic nitrogens is 3. The van der Waals surface area contributed by atoms with E-state index in [1.807, 2.05) is 4.90 Å². The Morgan fingerprint density at radius 2 is 2.00 bits per heavy atom. The Labute approximate surface area is 276 Å². The number of rotatable bonds is 9. The van der Waals surface area contributed by atoms with Gasteiger partial charge >= 0.3 is 6.01 Å². The van der Waals surface area contributed by atoms with Crippen molar-refractivity contribution in [3.8, 4) is 41.4 Å². The van der Waals surface area contributed by atoms with E-state index in [2.05, 4.69) is 26.9 Å². The van der Waals surface area contributed by atoms with Crippen LogP contribution in [0.2, 0.25) is 0 Å². The molecule has 3 aliphatic rings. The lowest BCUT2D eigenvalue weighted by atomic mass is 9.95. The van der Waals surface area contributed by atoms with E-state index in [0.717, 1.165) is 32.2 Å². The lowest BCUT2D eigenvalue weighted by Crippen LogP contribution is -2.43. The molecular weight excluding hydrogens is 621 g/mol. The maximum atomic E-state index is 17.0. The lowest BCUT2D eigenvalue weighted by molar-refractivity contribution is 0.0512. The van der Waals surface area contributed by atoms with Crippen LogP contribution in [-0.4, -0.2) is 78.3 Å². The lowest BCUT2D eigenvalue weighted by Gasteiger charge is -2.34. The second-order valence-corrected chi connectivity index (χ2v) is 12.9. The Balaban J connectivity index is 1.38. The van der Waals surface area contributed by atoms with Crippen LogP contribution in [-0.2, 0) is 4.74 Å². The van der Waals surface area contributed by atoms with Gasteiger partial charge in [-0.2, -0.15) is 15.2 Å². The number of terminal acetylenes is 1. The second-order valence-electron chi connectivity index (χ2n) is 12.9. The summed E-state index contributed by atoms with van der Waals surface area (Å²) in [6.45, 7) is 2.47. The highest BCUT2D eigenvalue weighted by molar-refractivity contribution is 6.03. The molecule has 2 aromatic carbocycles. The van der Waals surface area contributed by atoms with Crippen LogP contribution < -0.4 is 14.4 Å². The van der Waals surface area contributed by atoms with Gasteiger partial charge < -0.3 is 19.1 Å². The van der Waals surface area contributed by atoms with Crippen molar-refractivity contribution in [1.82, 2.24) is 19.9 Å². The molecule has 3 saturated heterocycles. The first-order valence-electron chi connectivity index (χ1n) is 16.2. The zero-order valence-corrected chi connectivity index (χ0v) is 26.6. The first-order valence-corrected chi connectivity index (χ1v) is 16.2. The number of pyridine rings is 1. The molecule has 3 fully saturated rings. The SMILES string of the molecule is C#Cc1c(F)ccc2cc(OCOC)cc(-c3ncc4c(N5CCCC(CC#N)C5)nc(OC[C@@]56CCCN5C[C@H](F)C6)nc4c3F)c12. The summed E-state index contributed by atoms with van der Waals surface area (Å²) >= 11 is 0. The summed E-state index contributed by atoms with van der Waals surface area (Å²) in [7, 11) is 1.48. The number of nitriles is 1. The zero-order valence-electron chi connectivity index (χ0n) is 26.6. The van der Waals surface area contributed by atoms with E-state index in [4.69, 9.17) is 25.6 Å². The van der Waals surface area contributed by atoms with Gasteiger partial charge in [-0.05, 0) is 61.7 Å². The molecule has 0 radical (unpaired) electrons. The van der Waals surface area contributed by atoms with Gasteiger partial charge in [0.25, 0.3) is 0 Å². The van der Waals surface area contributed by atoms with Crippen LogP contribution >= 0.6 is 0 Å². The van der Waals surface area contributed by atoms with Gasteiger partial charge in [0, 0.05) is 56.7 Å². The van der Waals surface area contributed by atoms with E-state index >= 15 is 8.78 Å². The molecule has 9 nitrogen and oxygen atoms in total. The third kappa shape index (κ3) is 5.73. The fraction of sp³-hybridized carbons (Fsp3) is 0.444. The van der Waals surface area contributed by atoms with Gasteiger partial charge in [-0.1, -0.05) is 12.0 Å². The Morgan fingerprint density at radius 3 is 2.81 bits per heavy atom. The average molecular weight is 657 g/mol. The van der Waals surface area contributed by atoms with Gasteiger partial charge in [0.15, 0.2) is 12.6 Å². The first kappa shape index (κ1) is 31.9. The number of hydrogen-bond acceptors (Lipinski definition) is 9. The van der Waals surface area contributed by atoms with Crippen molar-refractivity contribution in [2.75, 3.05) is 51.6 Å². The molecule has 0 bridgehead atoms. The number of halogens is 3. The summed E-state index contributed by atoms with van der Waals surface area (Å²) in [6.07, 6.45) is 10.5. The second kappa shape index (κ2) is 13.1. The number of nitrogens with zero attached hydrogens (tertiary/aromatic N) is 6. The molecule has 4 aromatic rings. The highest BCUT2D eigenvalue weighted by atomic mass is 19.1. The topological polar surface area (TPSA) is 96.6 Å². The van der Waals surface area contributed by atoms with Gasteiger partial charge in [-0.25, -0.2) is 13.2 Å². The monoisotopic (exact) mass is 656 g/mol. The van der Waals surface area contributed by atoms with E-state index in [1.54, 1.807) is 18.2 Å². The standard InChI is InChI=1S/C36H35F3N6O3/c1-3-26-29(38)8-7-23-14-25(48-21-46-2)15-27(30(23)26)32-31(39)33-28(17-41-32)34(44-12-4-6-22(18-44)9-11-40)43-35(42-33)47-20-36-10-5-13-45(36)19-24(37)16-36/h1,7-8,14-15,17,22,24H,4-6,9-10,12-13,16,18-21H2,2H3/t22?,24-,36+/m1/s1. The predicted octanol–water partition coefficient (Wildman–Crippen LogP) is 6.17. The zero-order chi connectivity index (χ0) is 33.4. The maximum absolute atomic E-state index is 17.0. The van der Waals surface area contributed by atoms with Crippen molar-refractivity contribution >= 4 is 27.5 Å². The van der Waals surface area contributed by atoms with E-state index < -0.39 is 23.3 Å². The number of ether oxygens (including phenoxy) is 3. The number of anilines is 1. The quantitative estimate of drug-likeness (QED) is 0.155. The molecule has 12 heteroatoms. The van der Waals surface area contributed by atoms with Crippen LogP contribution in [0, 0.1) is 41.2 Å². The van der Waals surface area contributed by atoms with Crippen LogP contribution in [0.4, 0.5) is 19.0 Å². The van der Waals surface area contributed by atoms with Gasteiger partial charge in [-0.3, -0.25) is 9.88 Å². The molecule has 7 rings (SSSR count). The third-order valence-electron chi connectivity index (χ3n) is 9.86. The molecule has 0 spiro atoms. The largest absolute Gasteiger partial charge is 0.468 e. The first-order chi connectivity index (χ1) is 23.3. The van der Waals surface area contributed by atoms with Crippen molar-refractivity contribution in [2.45, 2.75) is 50.2 Å². The fourth-order valence-corrected chi connectivity index (χ4v) is 7.67. The van der Waals surface area contributed by atoms with Crippen LogP contribution in [0.3, 0.4) is 0 Å². The minimum Gasteiger partial charge on any atom is -0.468 e. The Hall–Kier alpha value is -4.65. The van der Waals surface area contributed by atoms with E-state index in [-0.39, 0.29) is 47.7 Å². The highest BCUT2D eigenvalue weighted by Gasteiger charge is 2.49. The van der Waals surface area contributed by atoms with E-state index in [9.17, 15) is 9.65 Å². The predicted molar refractivity (Wildman–Crippen MR) is 174 cm³/mol. The van der Waals surface area contributed by atoms with Crippen molar-refractivity contribution in [2.24, 2.45) is 5.92 Å². The smallest absolute Gasteiger partial charge is 0.319 e. The summed E-state index contributed by atoms with van der Waals surface area (Å²) in [5, 5.41) is 10.6. The molecule has 0 aliphatic carbocycles. The molecule has 248 valence electrons. The van der Waals surface area contributed by atoms with Crippen molar-refractivity contribution < 1.29 is 27.4 Å². The van der Waals surface area contributed by atoms with Gasteiger partial charge in [0.05, 0.1) is 22.6 Å². The summed E-state index contributed by atoms with van der Waals surface area (Å²) in [6, 6.07) is 8.26. The number of piperidine rings is 1. The number of benzene rings is 2. The van der Waals surface area contributed by atoms with Crippen LogP contribution in [0.5, 0.6) is 11.8 Å². The normalized spacial score (nSPS) is 22.5. The van der Waals surface area contributed by atoms with Crippen LogP contribution in [0.15, 0.2) is 30.5 Å². The molecular formula is C36H35F3N6O3. The van der Waals surface area contributed by atoms with E-state index in [0.29, 0.717) is 60.2 Å². The average Bonchev–Trinajstić information content (AvgIpc) is 3.62. The van der Waals surface area contributed by atoms with Gasteiger partial charge in [-0.15, -0.1) is 6.42 Å². The highest BCUT2D eigenvalue weighted by Crippen LogP contribution is 2.42. The summed E-state index contributed by atoms with van der Waals surface area (Å²) in [5.74, 6) is 1.94. The molecule has 3 aliphatic heterocycles. The van der Waals surface area contributed by atoms with Crippen molar-refractivity contribution in [3.63, 3.8) is 0 Å². The van der Waals surface area contributed by atoms with Gasteiger partial charge in [0.2, 0.25) is 0 Å². The third-order valence-corrected chi connectivity index (χ3v) is 9.86. The number of fused-ring (bicyclic) bond motifs is 3. The van der Waals surface area contributed by atoms with E-state index in [1.165, 1.54) is 19.4 Å². The minimum atomic E-state index is -0.935. The number of hydrogen-bond donors (Lipinski definition) is 0. The Morgan fingerprint density at radius 1 is 1.12 bits per heavy atom. The molecule has 2 aromatic heterocycles. The summed E-state index contributed by atoms with van der Waals surface area (Å²) in [5.41, 5.74) is -0.408. The Kier molecular flexibility index (Phi) is 8.71. The molecule has 48 heavy (non-hydrogen) atoms. The maximum Gasteiger partial charge on any atom is 0.319 e. The van der Waals surface area contributed by atoms with Crippen molar-refractivity contribution in [1.29, 1.82) is 5.26 Å². The van der Waals surface area contributed by atoms with Crippen LogP contribution in [0.1, 0.15) is 44.1 Å². The summed E-state index contributed by atoms with van der Waals surface area (Å²) < 4.78 is 63.5. The number of alkyl halides is 1. The molecule has 0 saturated carbocycles. The number of methoxy groups -OCH3 is 1. The summed E-state index contributed by atoms with van der Waals surface area (Å²) in [4.78, 5) is 18.0. The Bertz CT molecular complexity index is 1960.